The van der Waals surface area contributed by atoms with Crippen LogP contribution in [-0.4, -0.2) is 27.4 Å². The molecule has 0 atom stereocenters. The molecule has 0 bridgehead atoms. The minimum atomic E-state index is -4.76. The van der Waals surface area contributed by atoms with Gasteiger partial charge in [-0.05, 0) is 48.5 Å². The molecule has 0 amide bonds. The van der Waals surface area contributed by atoms with Crippen LogP contribution in [0.2, 0.25) is 0 Å². The van der Waals surface area contributed by atoms with Gasteiger partial charge < -0.3 is 15.2 Å². The number of anilines is 2. The van der Waals surface area contributed by atoms with Crippen LogP contribution in [0.15, 0.2) is 54.7 Å². The molecule has 3 rings (SSSR count). The van der Waals surface area contributed by atoms with Gasteiger partial charge >= 0.3 is 12.3 Å². The number of rotatable bonds is 6. The molecule has 6 nitrogen and oxygen atoms in total. The molecule has 1 aromatic heterocycles. The first-order chi connectivity index (χ1) is 13.7. The van der Waals surface area contributed by atoms with Crippen LogP contribution in [-0.2, 0) is 5.75 Å². The lowest BCUT2D eigenvalue weighted by Gasteiger charge is -2.12. The molecule has 0 aliphatic carbocycles. The SMILES string of the molecule is O=C(O)c1ccc(Nc2ncc(CS)c(-c3ccc(OC(F)(F)F)cc3)n2)cc1. The first-order valence-corrected chi connectivity index (χ1v) is 8.82. The molecule has 0 unspecified atom stereocenters. The van der Waals surface area contributed by atoms with Gasteiger partial charge in [-0.3, -0.25) is 0 Å². The number of hydrogen-bond donors (Lipinski definition) is 3. The Morgan fingerprint density at radius 2 is 1.76 bits per heavy atom. The number of thiol groups is 1. The highest BCUT2D eigenvalue weighted by Crippen LogP contribution is 2.28. The van der Waals surface area contributed by atoms with E-state index >= 15 is 0 Å². The van der Waals surface area contributed by atoms with E-state index in [0.29, 0.717) is 28.3 Å². The van der Waals surface area contributed by atoms with Gasteiger partial charge in [0.15, 0.2) is 0 Å². The van der Waals surface area contributed by atoms with Crippen molar-refractivity contribution in [3.8, 4) is 17.0 Å². The summed E-state index contributed by atoms with van der Waals surface area (Å²) in [5.74, 6) is -0.806. The number of halogens is 3. The molecule has 2 aromatic carbocycles. The standard InChI is InChI=1S/C19H14F3N3O3S/c20-19(21,22)28-15-7-3-11(4-8-15)16-13(10-29)9-23-18(25-16)24-14-5-1-12(2-6-14)17(26)27/h1-9,29H,10H2,(H,26,27)(H,23,24,25). The fourth-order valence-electron chi connectivity index (χ4n) is 2.47. The van der Waals surface area contributed by atoms with Gasteiger partial charge in [0.2, 0.25) is 5.95 Å². The van der Waals surface area contributed by atoms with Gasteiger partial charge in [0, 0.05) is 28.8 Å². The Bertz CT molecular complexity index is 1010. The lowest BCUT2D eigenvalue weighted by atomic mass is 10.1. The minimum Gasteiger partial charge on any atom is -0.478 e. The van der Waals surface area contributed by atoms with E-state index in [1.165, 1.54) is 36.4 Å². The average molecular weight is 421 g/mol. The maximum Gasteiger partial charge on any atom is 0.573 e. The Morgan fingerprint density at radius 1 is 1.10 bits per heavy atom. The Hall–Kier alpha value is -3.27. The zero-order chi connectivity index (χ0) is 21.0. The summed E-state index contributed by atoms with van der Waals surface area (Å²) in [7, 11) is 0. The van der Waals surface area contributed by atoms with Crippen LogP contribution in [0.1, 0.15) is 15.9 Å². The van der Waals surface area contributed by atoms with Crippen LogP contribution >= 0.6 is 12.6 Å². The van der Waals surface area contributed by atoms with Crippen LogP contribution < -0.4 is 10.1 Å². The zero-order valence-corrected chi connectivity index (χ0v) is 15.5. The van der Waals surface area contributed by atoms with Gasteiger partial charge in [-0.25, -0.2) is 14.8 Å². The number of nitrogens with zero attached hydrogens (tertiary/aromatic N) is 2. The van der Waals surface area contributed by atoms with Gasteiger partial charge in [0.25, 0.3) is 0 Å². The van der Waals surface area contributed by atoms with Crippen molar-refractivity contribution in [1.82, 2.24) is 9.97 Å². The lowest BCUT2D eigenvalue weighted by Crippen LogP contribution is -2.16. The average Bonchev–Trinajstić information content (AvgIpc) is 2.68. The summed E-state index contributed by atoms with van der Waals surface area (Å²) < 4.78 is 40.8. The molecule has 2 N–H and O–H groups in total. The molecular formula is C19H14F3N3O3S. The summed E-state index contributed by atoms with van der Waals surface area (Å²) in [5.41, 5.74) is 2.47. The molecule has 10 heteroatoms. The molecule has 29 heavy (non-hydrogen) atoms. The van der Waals surface area contributed by atoms with Crippen molar-refractivity contribution in [2.24, 2.45) is 0 Å². The van der Waals surface area contributed by atoms with Crippen molar-refractivity contribution in [2.45, 2.75) is 12.1 Å². The molecule has 0 spiro atoms. The molecule has 0 aliphatic heterocycles. The molecule has 0 saturated carbocycles. The maximum absolute atomic E-state index is 12.3. The Balaban J connectivity index is 1.86. The number of benzene rings is 2. The summed E-state index contributed by atoms with van der Waals surface area (Å²) in [6.07, 6.45) is -3.20. The number of alkyl halides is 3. The number of carboxylic acids is 1. The molecule has 0 radical (unpaired) electrons. The highest BCUT2D eigenvalue weighted by molar-refractivity contribution is 7.79. The number of hydrogen-bond acceptors (Lipinski definition) is 6. The highest BCUT2D eigenvalue weighted by Gasteiger charge is 2.31. The van der Waals surface area contributed by atoms with Gasteiger partial charge in [0.1, 0.15) is 5.75 Å². The predicted octanol–water partition coefficient (Wildman–Crippen LogP) is 4.91. The van der Waals surface area contributed by atoms with E-state index in [1.54, 1.807) is 18.3 Å². The molecule has 0 fully saturated rings. The molecule has 0 saturated heterocycles. The fourth-order valence-corrected chi connectivity index (χ4v) is 2.70. The van der Waals surface area contributed by atoms with E-state index < -0.39 is 12.3 Å². The monoisotopic (exact) mass is 421 g/mol. The first-order valence-electron chi connectivity index (χ1n) is 8.18. The fraction of sp³-hybridized carbons (Fsp3) is 0.105. The number of aromatic carboxylic acids is 1. The number of aromatic nitrogens is 2. The number of carboxylic acid groups (broad SMARTS) is 1. The molecule has 0 aliphatic rings. The summed E-state index contributed by atoms with van der Waals surface area (Å²) in [5, 5.41) is 11.9. The van der Waals surface area contributed by atoms with Gasteiger partial charge in [-0.1, -0.05) is 0 Å². The summed E-state index contributed by atoms with van der Waals surface area (Å²) in [4.78, 5) is 19.5. The number of ether oxygens (including phenoxy) is 1. The van der Waals surface area contributed by atoms with E-state index in [2.05, 4.69) is 32.7 Å². The quantitative estimate of drug-likeness (QED) is 0.491. The zero-order valence-electron chi connectivity index (χ0n) is 14.6. The van der Waals surface area contributed by atoms with Crippen molar-refractivity contribution in [1.29, 1.82) is 0 Å². The van der Waals surface area contributed by atoms with Crippen molar-refractivity contribution in [3.05, 3.63) is 65.9 Å². The van der Waals surface area contributed by atoms with Crippen LogP contribution in [0.4, 0.5) is 24.8 Å². The molecule has 150 valence electrons. The first kappa shape index (κ1) is 20.5. The topological polar surface area (TPSA) is 84.3 Å². The van der Waals surface area contributed by atoms with Crippen LogP contribution in [0, 0.1) is 0 Å². The van der Waals surface area contributed by atoms with E-state index in [0.717, 1.165) is 0 Å². The smallest absolute Gasteiger partial charge is 0.478 e. The van der Waals surface area contributed by atoms with Gasteiger partial charge in [-0.15, -0.1) is 13.2 Å². The predicted molar refractivity (Wildman–Crippen MR) is 104 cm³/mol. The Morgan fingerprint density at radius 3 is 2.31 bits per heavy atom. The summed E-state index contributed by atoms with van der Waals surface area (Å²) in [6, 6.07) is 11.3. The molecule has 1 heterocycles. The van der Waals surface area contributed by atoms with E-state index in [9.17, 15) is 18.0 Å². The Kier molecular flexibility index (Phi) is 5.92. The second-order valence-electron chi connectivity index (χ2n) is 5.81. The maximum atomic E-state index is 12.3. The number of carbonyl (C=O) groups is 1. The van der Waals surface area contributed by atoms with Crippen molar-refractivity contribution in [2.75, 3.05) is 5.32 Å². The largest absolute Gasteiger partial charge is 0.573 e. The third kappa shape index (κ3) is 5.38. The van der Waals surface area contributed by atoms with Crippen molar-refractivity contribution in [3.63, 3.8) is 0 Å². The van der Waals surface area contributed by atoms with Crippen LogP contribution in [0.3, 0.4) is 0 Å². The van der Waals surface area contributed by atoms with Crippen molar-refractivity contribution < 1.29 is 27.8 Å². The second kappa shape index (κ2) is 8.39. The van der Waals surface area contributed by atoms with Gasteiger partial charge in [-0.2, -0.15) is 12.6 Å². The van der Waals surface area contributed by atoms with E-state index in [-0.39, 0.29) is 17.3 Å². The van der Waals surface area contributed by atoms with Crippen LogP contribution in [0.5, 0.6) is 5.75 Å². The second-order valence-corrected chi connectivity index (χ2v) is 6.12. The number of nitrogens with one attached hydrogen (secondary N) is 1. The molecular weight excluding hydrogens is 407 g/mol. The third-order valence-corrected chi connectivity index (χ3v) is 4.12. The third-order valence-electron chi connectivity index (χ3n) is 3.78. The van der Waals surface area contributed by atoms with Gasteiger partial charge in [0.05, 0.1) is 11.3 Å². The molecule has 3 aromatic rings. The van der Waals surface area contributed by atoms with Crippen LogP contribution in [0.25, 0.3) is 11.3 Å². The Labute approximate surface area is 168 Å². The summed E-state index contributed by atoms with van der Waals surface area (Å²) in [6.45, 7) is 0. The van der Waals surface area contributed by atoms with Crippen molar-refractivity contribution >= 4 is 30.2 Å². The normalized spacial score (nSPS) is 11.2. The lowest BCUT2D eigenvalue weighted by molar-refractivity contribution is -0.274. The van der Waals surface area contributed by atoms with E-state index in [1.807, 2.05) is 0 Å². The minimum absolute atomic E-state index is 0.142. The van der Waals surface area contributed by atoms with E-state index in [4.69, 9.17) is 5.11 Å². The highest BCUT2D eigenvalue weighted by atomic mass is 32.1. The summed E-state index contributed by atoms with van der Waals surface area (Å²) >= 11 is 4.24.